The molecule has 102 valence electrons. The van der Waals surface area contributed by atoms with E-state index in [1.807, 2.05) is 6.92 Å². The minimum absolute atomic E-state index is 0.168. The summed E-state index contributed by atoms with van der Waals surface area (Å²) in [5, 5.41) is 9.15. The number of nitrogens with zero attached hydrogens (tertiary/aromatic N) is 1. The van der Waals surface area contributed by atoms with Crippen molar-refractivity contribution in [3.05, 3.63) is 0 Å². The summed E-state index contributed by atoms with van der Waals surface area (Å²) in [5.41, 5.74) is 5.03. The lowest BCUT2D eigenvalue weighted by molar-refractivity contribution is -0.149. The van der Waals surface area contributed by atoms with E-state index >= 15 is 0 Å². The molecule has 1 rings (SSSR count). The quantitative estimate of drug-likeness (QED) is 0.726. The molecule has 1 saturated carbocycles. The smallest absolute Gasteiger partial charge is 0.307 e. The van der Waals surface area contributed by atoms with E-state index in [9.17, 15) is 14.4 Å². The first-order valence-electron chi connectivity index (χ1n) is 6.12. The molecule has 0 bridgehead atoms. The summed E-state index contributed by atoms with van der Waals surface area (Å²) in [5.74, 6) is -2.73. The normalized spacial score (nSPS) is 26.9. The van der Waals surface area contributed by atoms with Gasteiger partial charge in [0, 0.05) is 7.05 Å². The van der Waals surface area contributed by atoms with Crippen LogP contribution in [0, 0.1) is 17.8 Å². The minimum Gasteiger partial charge on any atom is -0.481 e. The third kappa shape index (κ3) is 3.21. The zero-order valence-electron chi connectivity index (χ0n) is 10.8. The fraction of sp³-hybridized carbons (Fsp3) is 0.750. The van der Waals surface area contributed by atoms with Gasteiger partial charge in [-0.15, -0.1) is 0 Å². The number of hydrogen-bond donors (Lipinski definition) is 2. The Bertz CT molecular complexity index is 356. The van der Waals surface area contributed by atoms with E-state index in [1.165, 1.54) is 11.9 Å². The third-order valence-electron chi connectivity index (χ3n) is 3.64. The summed E-state index contributed by atoms with van der Waals surface area (Å²) in [4.78, 5) is 35.3. The molecule has 0 saturated heterocycles. The van der Waals surface area contributed by atoms with Gasteiger partial charge in [-0.05, 0) is 18.8 Å². The van der Waals surface area contributed by atoms with Crippen LogP contribution < -0.4 is 5.73 Å². The van der Waals surface area contributed by atoms with Crippen molar-refractivity contribution in [1.29, 1.82) is 0 Å². The van der Waals surface area contributed by atoms with Crippen molar-refractivity contribution in [3.8, 4) is 0 Å². The van der Waals surface area contributed by atoms with Crippen molar-refractivity contribution < 1.29 is 19.5 Å². The van der Waals surface area contributed by atoms with Crippen LogP contribution in [0.2, 0.25) is 0 Å². The van der Waals surface area contributed by atoms with Gasteiger partial charge in [0.1, 0.15) is 0 Å². The molecule has 0 aromatic rings. The van der Waals surface area contributed by atoms with Gasteiger partial charge in [-0.1, -0.05) is 13.3 Å². The van der Waals surface area contributed by atoms with E-state index in [1.54, 1.807) is 0 Å². The lowest BCUT2D eigenvalue weighted by atomic mass is 9.95. The number of carbonyl (C=O) groups is 3. The molecule has 3 N–H and O–H groups in total. The van der Waals surface area contributed by atoms with Crippen LogP contribution in [0.15, 0.2) is 0 Å². The number of aliphatic carboxylic acids is 1. The van der Waals surface area contributed by atoms with Crippen molar-refractivity contribution in [2.24, 2.45) is 23.5 Å². The summed E-state index contributed by atoms with van der Waals surface area (Å²) in [7, 11) is 1.48. The first-order chi connectivity index (χ1) is 8.36. The Morgan fingerprint density at radius 1 is 1.28 bits per heavy atom. The van der Waals surface area contributed by atoms with Gasteiger partial charge in [-0.3, -0.25) is 14.4 Å². The number of nitrogens with two attached hydrogens (primary N) is 1. The number of hydrogen-bond acceptors (Lipinski definition) is 3. The molecule has 0 aliphatic heterocycles. The van der Waals surface area contributed by atoms with Crippen LogP contribution in [0.4, 0.5) is 0 Å². The number of carboxylic acid groups (broad SMARTS) is 1. The second kappa shape index (κ2) is 5.84. The molecule has 1 fully saturated rings. The van der Waals surface area contributed by atoms with E-state index in [2.05, 4.69) is 0 Å². The van der Waals surface area contributed by atoms with Gasteiger partial charge >= 0.3 is 5.97 Å². The van der Waals surface area contributed by atoms with Crippen LogP contribution in [-0.4, -0.2) is 41.4 Å². The highest BCUT2D eigenvalue weighted by molar-refractivity contribution is 5.88. The van der Waals surface area contributed by atoms with Crippen LogP contribution in [0.3, 0.4) is 0 Å². The average Bonchev–Trinajstić information content (AvgIpc) is 2.71. The van der Waals surface area contributed by atoms with Crippen molar-refractivity contribution in [2.75, 3.05) is 13.6 Å². The lowest BCUT2D eigenvalue weighted by Gasteiger charge is -2.22. The van der Waals surface area contributed by atoms with Crippen LogP contribution in [0.5, 0.6) is 0 Å². The Morgan fingerprint density at radius 2 is 1.83 bits per heavy atom. The number of primary amides is 1. The van der Waals surface area contributed by atoms with Crippen LogP contribution in [0.1, 0.15) is 26.2 Å². The minimum atomic E-state index is -0.934. The summed E-state index contributed by atoms with van der Waals surface area (Å²) in [6.45, 7) is 1.82. The molecule has 1 aliphatic carbocycles. The molecular formula is C12H20N2O4. The molecular weight excluding hydrogens is 236 g/mol. The topological polar surface area (TPSA) is 101 Å². The number of carbonyl (C=O) groups excluding carboxylic acids is 2. The Balaban J connectivity index is 2.76. The highest BCUT2D eigenvalue weighted by atomic mass is 16.4. The number of likely N-dealkylation sites (N-methyl/N-ethyl adjacent to an activating group) is 1. The Morgan fingerprint density at radius 3 is 2.28 bits per heavy atom. The maximum atomic E-state index is 12.1. The van der Waals surface area contributed by atoms with Gasteiger partial charge in [0.05, 0.1) is 18.4 Å². The highest BCUT2D eigenvalue weighted by Crippen LogP contribution is 2.39. The lowest BCUT2D eigenvalue weighted by Crippen LogP contribution is -2.41. The van der Waals surface area contributed by atoms with Gasteiger partial charge in [-0.25, -0.2) is 0 Å². The van der Waals surface area contributed by atoms with Crippen molar-refractivity contribution in [3.63, 3.8) is 0 Å². The summed E-state index contributed by atoms with van der Waals surface area (Å²) >= 11 is 0. The van der Waals surface area contributed by atoms with E-state index in [0.29, 0.717) is 12.8 Å². The SMILES string of the molecule is CCC1C[C@H](C(=O)N(C)CC(N)=O)[C@H](C(=O)O)C1. The fourth-order valence-electron chi connectivity index (χ4n) is 2.62. The molecule has 0 radical (unpaired) electrons. The number of rotatable bonds is 5. The Hall–Kier alpha value is -1.59. The third-order valence-corrected chi connectivity index (χ3v) is 3.64. The highest BCUT2D eigenvalue weighted by Gasteiger charge is 2.43. The first kappa shape index (κ1) is 14.5. The van der Waals surface area contributed by atoms with Gasteiger partial charge in [0.25, 0.3) is 0 Å². The van der Waals surface area contributed by atoms with Gasteiger partial charge in [0.15, 0.2) is 0 Å². The zero-order valence-corrected chi connectivity index (χ0v) is 10.8. The van der Waals surface area contributed by atoms with Gasteiger partial charge in [0.2, 0.25) is 11.8 Å². The Labute approximate surface area is 106 Å². The van der Waals surface area contributed by atoms with E-state index in [4.69, 9.17) is 10.8 Å². The maximum absolute atomic E-state index is 12.1. The largest absolute Gasteiger partial charge is 0.481 e. The zero-order chi connectivity index (χ0) is 13.9. The van der Waals surface area contributed by atoms with Crippen LogP contribution in [-0.2, 0) is 14.4 Å². The summed E-state index contributed by atoms with van der Waals surface area (Å²) in [6, 6.07) is 0. The van der Waals surface area contributed by atoms with E-state index in [0.717, 1.165) is 6.42 Å². The average molecular weight is 256 g/mol. The monoisotopic (exact) mass is 256 g/mol. The fourth-order valence-corrected chi connectivity index (χ4v) is 2.62. The summed E-state index contributed by atoms with van der Waals surface area (Å²) < 4.78 is 0. The van der Waals surface area contributed by atoms with Crippen molar-refractivity contribution >= 4 is 17.8 Å². The van der Waals surface area contributed by atoms with Gasteiger partial charge in [-0.2, -0.15) is 0 Å². The van der Waals surface area contributed by atoms with Crippen molar-refractivity contribution in [1.82, 2.24) is 4.90 Å². The molecule has 0 spiro atoms. The second-order valence-electron chi connectivity index (χ2n) is 4.96. The molecule has 6 nitrogen and oxygen atoms in total. The molecule has 18 heavy (non-hydrogen) atoms. The first-order valence-corrected chi connectivity index (χ1v) is 6.12. The number of amides is 2. The molecule has 0 aromatic carbocycles. The van der Waals surface area contributed by atoms with E-state index < -0.39 is 23.7 Å². The molecule has 0 aromatic heterocycles. The number of carboxylic acids is 1. The standard InChI is InChI=1S/C12H20N2O4/c1-3-7-4-8(9(5-7)12(17)18)11(16)14(2)6-10(13)15/h7-9H,3-6H2,1-2H3,(H2,13,15)(H,17,18)/t7?,8-,9+/m0/s1. The molecule has 6 heteroatoms. The molecule has 2 amide bonds. The van der Waals surface area contributed by atoms with Crippen molar-refractivity contribution in [2.45, 2.75) is 26.2 Å². The van der Waals surface area contributed by atoms with E-state index in [-0.39, 0.29) is 18.4 Å². The van der Waals surface area contributed by atoms with Crippen LogP contribution in [0.25, 0.3) is 0 Å². The second-order valence-corrected chi connectivity index (χ2v) is 4.96. The predicted octanol–water partition coefficient (Wildman–Crippen LogP) is 0.0671. The van der Waals surface area contributed by atoms with Crippen LogP contribution >= 0.6 is 0 Å². The molecule has 3 atom stereocenters. The van der Waals surface area contributed by atoms with Gasteiger partial charge < -0.3 is 15.7 Å². The Kier molecular flexibility index (Phi) is 4.69. The predicted molar refractivity (Wildman–Crippen MR) is 64.5 cm³/mol. The molecule has 1 unspecified atom stereocenters. The summed E-state index contributed by atoms with van der Waals surface area (Å²) in [6.07, 6.45) is 1.98. The molecule has 0 heterocycles. The maximum Gasteiger partial charge on any atom is 0.307 e. The molecule has 1 aliphatic rings.